The Kier molecular flexibility index (Phi) is 8.90. The molecular formula is C39H31Br2NO8. The van der Waals surface area contributed by atoms with Gasteiger partial charge in [-0.2, -0.15) is 0 Å². The van der Waals surface area contributed by atoms with Gasteiger partial charge in [-0.3, -0.25) is 24.1 Å². The lowest BCUT2D eigenvalue weighted by molar-refractivity contribution is -0.123. The van der Waals surface area contributed by atoms with Crippen molar-refractivity contribution < 1.29 is 38.5 Å². The van der Waals surface area contributed by atoms with Crippen molar-refractivity contribution in [3.05, 3.63) is 109 Å². The number of hydrogen-bond donors (Lipinski definition) is 1. The third kappa shape index (κ3) is 5.52. The first-order valence-electron chi connectivity index (χ1n) is 15.9. The number of hydrogen-bond acceptors (Lipinski definition) is 8. The second kappa shape index (κ2) is 13.2. The Balaban J connectivity index is 1.23. The van der Waals surface area contributed by atoms with Crippen LogP contribution >= 0.6 is 31.9 Å². The molecule has 11 heteroatoms. The van der Waals surface area contributed by atoms with E-state index in [-0.39, 0.29) is 63.4 Å². The molecule has 3 aromatic carbocycles. The molecule has 1 saturated heterocycles. The summed E-state index contributed by atoms with van der Waals surface area (Å²) in [6, 6.07) is 16.0. The molecule has 1 heterocycles. The third-order valence-electron chi connectivity index (χ3n) is 9.97. The van der Waals surface area contributed by atoms with Gasteiger partial charge in [-0.25, -0.2) is 0 Å². The van der Waals surface area contributed by atoms with Crippen LogP contribution in [0.15, 0.2) is 92.4 Å². The van der Waals surface area contributed by atoms with Crippen molar-refractivity contribution in [3.8, 4) is 23.0 Å². The molecule has 2 amide bonds. The van der Waals surface area contributed by atoms with Crippen molar-refractivity contribution >= 4 is 73.1 Å². The van der Waals surface area contributed by atoms with E-state index in [2.05, 4.69) is 31.9 Å². The minimum absolute atomic E-state index is 0.114. The Hall–Kier alpha value is -4.74. The lowest BCUT2D eigenvalue weighted by atomic mass is 9.59. The smallest absolute Gasteiger partial charge is 0.238 e. The van der Waals surface area contributed by atoms with Crippen molar-refractivity contribution in [3.63, 3.8) is 0 Å². The zero-order valence-electron chi connectivity index (χ0n) is 27.2. The zero-order chi connectivity index (χ0) is 35.4. The number of amides is 2. The van der Waals surface area contributed by atoms with Gasteiger partial charge in [-0.15, -0.1) is 0 Å². The molecule has 3 aromatic rings. The van der Waals surface area contributed by atoms with Crippen LogP contribution < -0.4 is 19.1 Å². The number of ether oxygens (including phenoxy) is 3. The van der Waals surface area contributed by atoms with Crippen LogP contribution in [0.25, 0.3) is 12.2 Å². The summed E-state index contributed by atoms with van der Waals surface area (Å²) in [7, 11) is 4.62. The summed E-state index contributed by atoms with van der Waals surface area (Å²) in [5.74, 6) is -2.75. The van der Waals surface area contributed by atoms with E-state index in [1.807, 2.05) is 48.6 Å². The molecule has 50 heavy (non-hydrogen) atoms. The highest BCUT2D eigenvalue weighted by atomic mass is 79.9. The summed E-state index contributed by atoms with van der Waals surface area (Å²) in [6.45, 7) is 0. The van der Waals surface area contributed by atoms with Gasteiger partial charge in [-0.05, 0) is 82.7 Å². The highest BCUT2D eigenvalue weighted by Gasteiger charge is 2.57. The van der Waals surface area contributed by atoms with Gasteiger partial charge in [0.2, 0.25) is 11.8 Å². The van der Waals surface area contributed by atoms with E-state index in [4.69, 9.17) is 14.2 Å². The van der Waals surface area contributed by atoms with E-state index in [9.17, 15) is 24.3 Å². The zero-order valence-corrected chi connectivity index (χ0v) is 30.4. The van der Waals surface area contributed by atoms with Gasteiger partial charge >= 0.3 is 0 Å². The van der Waals surface area contributed by atoms with E-state index in [0.29, 0.717) is 27.2 Å². The van der Waals surface area contributed by atoms with E-state index in [1.165, 1.54) is 18.1 Å². The van der Waals surface area contributed by atoms with Crippen LogP contribution in [-0.4, -0.2) is 49.8 Å². The number of phenolic OH excluding ortho intramolecular Hbond substituents is 1. The monoisotopic (exact) mass is 799 g/mol. The average molecular weight is 801 g/mol. The first-order valence-corrected chi connectivity index (χ1v) is 17.5. The lowest BCUT2D eigenvalue weighted by Gasteiger charge is -2.42. The van der Waals surface area contributed by atoms with E-state index in [0.717, 1.165) is 16.7 Å². The molecule has 1 N–H and O–H groups in total. The Morgan fingerprint density at radius 3 is 2.28 bits per heavy atom. The highest BCUT2D eigenvalue weighted by Crippen LogP contribution is 2.57. The molecule has 3 aliphatic carbocycles. The standard InChI is InChI=1S/C39H31Br2NO8/c1-48-23-10-13-31(49-2)20(14-23)7-4-19-5-8-22(9-6-19)42-38(46)25-12-11-24-26(34(25)39(42)47)17-28-35(30(43)18-29(41)36(28)44)33(24)27-15-21(40)16-32(50-3)37(27)45/h4-11,13-16,18,25-26,33-34,45H,12,17H2,1-3H3. The predicted molar refractivity (Wildman–Crippen MR) is 194 cm³/mol. The van der Waals surface area contributed by atoms with Gasteiger partial charge in [0.25, 0.3) is 0 Å². The average Bonchev–Trinajstić information content (AvgIpc) is 3.38. The number of methoxy groups -OCH3 is 3. The lowest BCUT2D eigenvalue weighted by Crippen LogP contribution is -2.39. The number of fused-ring (bicyclic) bond motifs is 3. The van der Waals surface area contributed by atoms with Gasteiger partial charge < -0.3 is 19.3 Å². The quantitative estimate of drug-likeness (QED) is 0.114. The maximum atomic E-state index is 14.3. The summed E-state index contributed by atoms with van der Waals surface area (Å²) in [4.78, 5) is 56.7. The molecule has 7 rings (SSSR count). The fourth-order valence-electron chi connectivity index (χ4n) is 7.68. The second-order valence-corrected chi connectivity index (χ2v) is 14.3. The maximum absolute atomic E-state index is 14.3. The number of benzene rings is 3. The van der Waals surface area contributed by atoms with Gasteiger partial charge in [-0.1, -0.05) is 51.9 Å². The number of anilines is 1. The number of aromatic hydroxyl groups is 1. The molecule has 254 valence electrons. The first kappa shape index (κ1) is 33.7. The van der Waals surface area contributed by atoms with Crippen molar-refractivity contribution in [1.29, 1.82) is 0 Å². The molecule has 4 atom stereocenters. The Morgan fingerprint density at radius 1 is 0.840 bits per heavy atom. The van der Waals surface area contributed by atoms with Crippen LogP contribution in [0.4, 0.5) is 5.69 Å². The fraction of sp³-hybridized carbons (Fsp3) is 0.231. The first-order chi connectivity index (χ1) is 24.1. The molecule has 1 fully saturated rings. The maximum Gasteiger partial charge on any atom is 0.238 e. The molecular weight excluding hydrogens is 770 g/mol. The Labute approximate surface area is 305 Å². The van der Waals surface area contributed by atoms with Crippen molar-refractivity contribution in [2.45, 2.75) is 18.8 Å². The van der Waals surface area contributed by atoms with Crippen LogP contribution in [0.3, 0.4) is 0 Å². The number of nitrogens with zero attached hydrogens (tertiary/aromatic N) is 1. The van der Waals surface area contributed by atoms with Crippen LogP contribution in [0.5, 0.6) is 23.0 Å². The SMILES string of the molecule is COc1ccc(OC)c(C=Cc2ccc(N3C(=O)C4CC=C5C(c6cc(Br)cc(OC)c6O)C6=C(CC5C4C3=O)C(=O)C(Br)=CC6=O)cc2)c1. The van der Waals surface area contributed by atoms with Gasteiger partial charge in [0, 0.05) is 38.7 Å². The molecule has 0 spiro atoms. The number of rotatable bonds is 7. The highest BCUT2D eigenvalue weighted by molar-refractivity contribution is 9.12. The van der Waals surface area contributed by atoms with E-state index < -0.39 is 23.7 Å². The molecule has 0 saturated carbocycles. The summed E-state index contributed by atoms with van der Waals surface area (Å²) in [5, 5.41) is 11.3. The van der Waals surface area contributed by atoms with Crippen LogP contribution in [-0.2, 0) is 19.2 Å². The number of allylic oxidation sites excluding steroid dienone is 6. The van der Waals surface area contributed by atoms with Crippen molar-refractivity contribution in [2.75, 3.05) is 26.2 Å². The minimum Gasteiger partial charge on any atom is -0.504 e. The number of Topliss-reactive ketones (excluding diaryl/α,β-unsaturated/α-hetero) is 1. The van der Waals surface area contributed by atoms with Gasteiger partial charge in [0.15, 0.2) is 23.1 Å². The van der Waals surface area contributed by atoms with Crippen molar-refractivity contribution in [1.82, 2.24) is 0 Å². The Bertz CT molecular complexity index is 2110. The Morgan fingerprint density at radius 2 is 1.58 bits per heavy atom. The molecule has 0 radical (unpaired) electrons. The summed E-state index contributed by atoms with van der Waals surface area (Å²) >= 11 is 6.73. The van der Waals surface area contributed by atoms with Gasteiger partial charge in [0.05, 0.1) is 43.3 Å². The predicted octanol–water partition coefficient (Wildman–Crippen LogP) is 7.32. The third-order valence-corrected chi connectivity index (χ3v) is 11.0. The summed E-state index contributed by atoms with van der Waals surface area (Å²) in [5.41, 5.74) is 3.75. The molecule has 1 aliphatic heterocycles. The summed E-state index contributed by atoms with van der Waals surface area (Å²) < 4.78 is 17.0. The minimum atomic E-state index is -0.823. The number of phenols is 1. The fourth-order valence-corrected chi connectivity index (χ4v) is 8.58. The molecule has 9 nitrogen and oxygen atoms in total. The normalized spacial score (nSPS) is 23.0. The van der Waals surface area contributed by atoms with E-state index in [1.54, 1.807) is 38.5 Å². The number of ketones is 2. The second-order valence-electron chi connectivity index (χ2n) is 12.5. The molecule has 4 aliphatic rings. The van der Waals surface area contributed by atoms with Crippen LogP contribution in [0.2, 0.25) is 0 Å². The number of imide groups is 1. The van der Waals surface area contributed by atoms with E-state index >= 15 is 0 Å². The topological polar surface area (TPSA) is 119 Å². The molecule has 4 unspecified atom stereocenters. The summed E-state index contributed by atoms with van der Waals surface area (Å²) in [6.07, 6.45) is 7.35. The molecule has 0 aromatic heterocycles. The van der Waals surface area contributed by atoms with Crippen molar-refractivity contribution in [2.24, 2.45) is 17.8 Å². The molecule has 0 bridgehead atoms. The van der Waals surface area contributed by atoms with Crippen LogP contribution in [0.1, 0.15) is 35.4 Å². The number of carbonyl (C=O) groups is 4. The number of carbonyl (C=O) groups excluding carboxylic acids is 4. The largest absolute Gasteiger partial charge is 0.504 e. The van der Waals surface area contributed by atoms with Crippen LogP contribution in [0, 0.1) is 17.8 Å². The number of halogens is 2. The van der Waals surface area contributed by atoms with Gasteiger partial charge in [0.1, 0.15) is 11.5 Å².